The second kappa shape index (κ2) is 3.60. The van der Waals surface area contributed by atoms with Gasteiger partial charge in [0.1, 0.15) is 6.33 Å². The topological polar surface area (TPSA) is 77.8 Å². The van der Waals surface area contributed by atoms with Gasteiger partial charge in [-0.15, -0.1) is 0 Å². The average Bonchev–Trinajstić information content (AvgIpc) is 2.06. The van der Waals surface area contributed by atoms with Crippen molar-refractivity contribution in [1.82, 2.24) is 9.97 Å². The Labute approximate surface area is 72.0 Å². The minimum absolute atomic E-state index is 0.367. The highest BCUT2D eigenvalue weighted by Gasteiger charge is 2.16. The normalized spacial score (nSPS) is 15.6. The van der Waals surface area contributed by atoms with Gasteiger partial charge in [-0.05, 0) is 13.0 Å². The van der Waals surface area contributed by atoms with Crippen LogP contribution < -0.4 is 11.5 Å². The maximum atomic E-state index is 5.86. The van der Waals surface area contributed by atoms with Crippen LogP contribution in [0.4, 0.5) is 0 Å². The van der Waals surface area contributed by atoms with E-state index in [1.54, 1.807) is 6.20 Å². The molecule has 1 aromatic rings. The first-order valence-corrected chi connectivity index (χ1v) is 3.88. The molecule has 0 bridgehead atoms. The molecule has 0 aliphatic heterocycles. The van der Waals surface area contributed by atoms with Gasteiger partial charge in [0.2, 0.25) is 0 Å². The third-order valence-corrected chi connectivity index (χ3v) is 1.69. The molecule has 1 unspecified atom stereocenters. The zero-order valence-electron chi connectivity index (χ0n) is 7.20. The van der Waals surface area contributed by atoms with Crippen LogP contribution in [0, 0.1) is 0 Å². The van der Waals surface area contributed by atoms with E-state index in [1.807, 2.05) is 13.0 Å². The Balaban J connectivity index is 2.64. The van der Waals surface area contributed by atoms with Gasteiger partial charge in [0, 0.05) is 30.4 Å². The van der Waals surface area contributed by atoms with Crippen LogP contribution in [0.25, 0.3) is 0 Å². The van der Waals surface area contributed by atoms with Crippen LogP contribution in [-0.2, 0) is 6.42 Å². The Bertz CT molecular complexity index is 232. The number of hydrogen-bond acceptors (Lipinski definition) is 4. The number of rotatable bonds is 3. The van der Waals surface area contributed by atoms with E-state index in [2.05, 4.69) is 9.97 Å². The van der Waals surface area contributed by atoms with E-state index in [0.29, 0.717) is 13.0 Å². The molecular weight excluding hydrogens is 152 g/mol. The van der Waals surface area contributed by atoms with Gasteiger partial charge in [-0.2, -0.15) is 0 Å². The van der Waals surface area contributed by atoms with Gasteiger partial charge in [0.25, 0.3) is 0 Å². The summed E-state index contributed by atoms with van der Waals surface area (Å²) in [6.45, 7) is 2.37. The fourth-order valence-electron chi connectivity index (χ4n) is 0.909. The summed E-state index contributed by atoms with van der Waals surface area (Å²) in [5.74, 6) is 0. The standard InChI is InChI=1S/C8H14N4/c1-8(10,5-9)4-7-2-3-11-6-12-7/h2-3,6H,4-5,9-10H2,1H3. The van der Waals surface area contributed by atoms with Gasteiger partial charge in [0.15, 0.2) is 0 Å². The van der Waals surface area contributed by atoms with E-state index < -0.39 is 0 Å². The lowest BCUT2D eigenvalue weighted by atomic mass is 9.97. The van der Waals surface area contributed by atoms with Crippen molar-refractivity contribution in [2.24, 2.45) is 11.5 Å². The smallest absolute Gasteiger partial charge is 0.115 e. The molecule has 4 heteroatoms. The van der Waals surface area contributed by atoms with Crippen molar-refractivity contribution < 1.29 is 0 Å². The van der Waals surface area contributed by atoms with Gasteiger partial charge >= 0.3 is 0 Å². The van der Waals surface area contributed by atoms with Gasteiger partial charge in [-0.3, -0.25) is 0 Å². The molecule has 0 radical (unpaired) electrons. The van der Waals surface area contributed by atoms with E-state index in [4.69, 9.17) is 11.5 Å². The highest BCUT2D eigenvalue weighted by molar-refractivity contribution is 5.03. The Kier molecular flexibility index (Phi) is 2.73. The first-order valence-electron chi connectivity index (χ1n) is 3.88. The van der Waals surface area contributed by atoms with Crippen molar-refractivity contribution in [1.29, 1.82) is 0 Å². The highest BCUT2D eigenvalue weighted by Crippen LogP contribution is 2.05. The van der Waals surface area contributed by atoms with Crippen LogP contribution in [0.1, 0.15) is 12.6 Å². The molecule has 0 saturated heterocycles. The van der Waals surface area contributed by atoms with Crippen LogP contribution >= 0.6 is 0 Å². The summed E-state index contributed by atoms with van der Waals surface area (Å²) >= 11 is 0. The number of hydrogen-bond donors (Lipinski definition) is 2. The fourth-order valence-corrected chi connectivity index (χ4v) is 0.909. The summed E-state index contributed by atoms with van der Waals surface area (Å²) in [5.41, 5.74) is 11.9. The average molecular weight is 166 g/mol. The predicted octanol–water partition coefficient (Wildman–Crippen LogP) is -0.305. The minimum atomic E-state index is -0.367. The van der Waals surface area contributed by atoms with Crippen molar-refractivity contribution in [2.45, 2.75) is 18.9 Å². The fraction of sp³-hybridized carbons (Fsp3) is 0.500. The van der Waals surface area contributed by atoms with E-state index >= 15 is 0 Å². The SMILES string of the molecule is CC(N)(CN)Cc1ccncn1. The number of aromatic nitrogens is 2. The van der Waals surface area contributed by atoms with E-state index in [1.165, 1.54) is 6.33 Å². The lowest BCUT2D eigenvalue weighted by Crippen LogP contribution is -2.46. The molecule has 66 valence electrons. The second-order valence-electron chi connectivity index (χ2n) is 3.24. The van der Waals surface area contributed by atoms with Crippen LogP contribution in [0.3, 0.4) is 0 Å². The maximum Gasteiger partial charge on any atom is 0.115 e. The molecule has 1 atom stereocenters. The molecule has 0 fully saturated rings. The lowest BCUT2D eigenvalue weighted by Gasteiger charge is -2.21. The summed E-state index contributed by atoms with van der Waals surface area (Å²) in [6, 6.07) is 1.85. The molecule has 0 saturated carbocycles. The van der Waals surface area contributed by atoms with Crippen LogP contribution in [-0.4, -0.2) is 22.1 Å². The molecule has 1 heterocycles. The quantitative estimate of drug-likeness (QED) is 0.646. The molecule has 12 heavy (non-hydrogen) atoms. The minimum Gasteiger partial charge on any atom is -0.329 e. The zero-order chi connectivity index (χ0) is 9.03. The Hall–Kier alpha value is -1.00. The van der Waals surface area contributed by atoms with Crippen molar-refractivity contribution >= 4 is 0 Å². The third kappa shape index (κ3) is 2.56. The van der Waals surface area contributed by atoms with Gasteiger partial charge < -0.3 is 11.5 Å². The molecule has 0 aromatic carbocycles. The summed E-state index contributed by atoms with van der Waals surface area (Å²) < 4.78 is 0. The molecule has 4 N–H and O–H groups in total. The molecular formula is C8H14N4. The molecule has 0 aliphatic carbocycles. The Morgan fingerprint density at radius 1 is 1.58 bits per heavy atom. The van der Waals surface area contributed by atoms with E-state index in [0.717, 1.165) is 5.69 Å². The number of nitrogens with two attached hydrogens (primary N) is 2. The third-order valence-electron chi connectivity index (χ3n) is 1.69. The van der Waals surface area contributed by atoms with Crippen molar-refractivity contribution in [2.75, 3.05) is 6.54 Å². The predicted molar refractivity (Wildman–Crippen MR) is 47.4 cm³/mol. The molecule has 0 aliphatic rings. The van der Waals surface area contributed by atoms with Crippen LogP contribution in [0.2, 0.25) is 0 Å². The number of nitrogens with zero attached hydrogens (tertiary/aromatic N) is 2. The molecule has 4 nitrogen and oxygen atoms in total. The maximum absolute atomic E-state index is 5.86. The molecule has 0 amide bonds. The molecule has 1 rings (SSSR count). The first-order chi connectivity index (χ1) is 5.64. The summed E-state index contributed by atoms with van der Waals surface area (Å²) in [4.78, 5) is 7.88. The van der Waals surface area contributed by atoms with E-state index in [-0.39, 0.29) is 5.54 Å². The Morgan fingerprint density at radius 2 is 2.33 bits per heavy atom. The Morgan fingerprint density at radius 3 is 2.83 bits per heavy atom. The van der Waals surface area contributed by atoms with Gasteiger partial charge in [-0.1, -0.05) is 0 Å². The van der Waals surface area contributed by atoms with Crippen LogP contribution in [0.15, 0.2) is 18.6 Å². The largest absolute Gasteiger partial charge is 0.329 e. The van der Waals surface area contributed by atoms with Gasteiger partial charge in [0.05, 0.1) is 0 Å². The first kappa shape index (κ1) is 9.09. The van der Waals surface area contributed by atoms with Gasteiger partial charge in [-0.25, -0.2) is 9.97 Å². The lowest BCUT2D eigenvalue weighted by molar-refractivity contribution is 0.472. The van der Waals surface area contributed by atoms with Crippen LogP contribution in [0.5, 0.6) is 0 Å². The monoisotopic (exact) mass is 166 g/mol. The van der Waals surface area contributed by atoms with Crippen molar-refractivity contribution in [3.8, 4) is 0 Å². The second-order valence-corrected chi connectivity index (χ2v) is 3.24. The van der Waals surface area contributed by atoms with Crippen molar-refractivity contribution in [3.63, 3.8) is 0 Å². The molecule has 0 spiro atoms. The summed E-state index contributed by atoms with van der Waals surface area (Å²) in [7, 11) is 0. The summed E-state index contributed by atoms with van der Waals surface area (Å²) in [6.07, 6.45) is 3.91. The van der Waals surface area contributed by atoms with E-state index in [9.17, 15) is 0 Å². The van der Waals surface area contributed by atoms with Crippen molar-refractivity contribution in [3.05, 3.63) is 24.3 Å². The molecule has 1 aromatic heterocycles. The summed E-state index contributed by atoms with van der Waals surface area (Å²) in [5, 5.41) is 0. The zero-order valence-corrected chi connectivity index (χ0v) is 7.20. The highest BCUT2D eigenvalue weighted by atomic mass is 14.8.